The first-order valence-corrected chi connectivity index (χ1v) is 7.53. The Morgan fingerprint density at radius 2 is 2.32 bits per heavy atom. The highest BCUT2D eigenvalue weighted by molar-refractivity contribution is 7.07. The number of rotatable bonds is 6. The van der Waals surface area contributed by atoms with Gasteiger partial charge in [-0.25, -0.2) is 0 Å². The predicted octanol–water partition coefficient (Wildman–Crippen LogP) is 2.18. The molecule has 2 N–H and O–H groups in total. The lowest BCUT2D eigenvalue weighted by atomic mass is 10.0. The fraction of sp³-hybridized carbons (Fsp3) is 0.500. The largest absolute Gasteiger partial charge is 0.329 e. The smallest absolute Gasteiger partial charge is 0.0670 e. The van der Waals surface area contributed by atoms with E-state index in [1.54, 1.807) is 11.3 Å². The molecule has 2 aromatic heterocycles. The summed E-state index contributed by atoms with van der Waals surface area (Å²) in [5.74, 6) is 0. The van der Waals surface area contributed by atoms with Gasteiger partial charge in [0.1, 0.15) is 0 Å². The van der Waals surface area contributed by atoms with Gasteiger partial charge in [0.2, 0.25) is 0 Å². The summed E-state index contributed by atoms with van der Waals surface area (Å²) in [6.07, 6.45) is 3.04. The van der Waals surface area contributed by atoms with Gasteiger partial charge in [-0.1, -0.05) is 6.92 Å². The molecular formula is C14H22N4S. The maximum atomic E-state index is 5.99. The molecule has 0 radical (unpaired) electrons. The van der Waals surface area contributed by atoms with Crippen molar-refractivity contribution >= 4 is 11.3 Å². The van der Waals surface area contributed by atoms with Crippen LogP contribution in [0.25, 0.3) is 0 Å². The lowest BCUT2D eigenvalue weighted by Gasteiger charge is -2.26. The van der Waals surface area contributed by atoms with Gasteiger partial charge in [0.05, 0.1) is 11.7 Å². The van der Waals surface area contributed by atoms with E-state index in [4.69, 9.17) is 5.73 Å². The Morgan fingerprint density at radius 3 is 2.89 bits per heavy atom. The third kappa shape index (κ3) is 3.23. The molecule has 0 aliphatic heterocycles. The van der Waals surface area contributed by atoms with Gasteiger partial charge in [-0.05, 0) is 35.9 Å². The number of nitrogens with zero attached hydrogens (tertiary/aromatic N) is 3. The highest BCUT2D eigenvalue weighted by Gasteiger charge is 2.20. The van der Waals surface area contributed by atoms with Gasteiger partial charge < -0.3 is 5.73 Å². The fourth-order valence-electron chi connectivity index (χ4n) is 2.43. The first-order chi connectivity index (χ1) is 9.15. The lowest BCUT2D eigenvalue weighted by Crippen LogP contribution is -2.30. The number of hydrogen-bond acceptors (Lipinski definition) is 4. The summed E-state index contributed by atoms with van der Waals surface area (Å²) in [6, 6.07) is 2.39. The number of thiophene rings is 1. The van der Waals surface area contributed by atoms with Crippen LogP contribution in [0.2, 0.25) is 0 Å². The molecular weight excluding hydrogens is 256 g/mol. The van der Waals surface area contributed by atoms with Crippen LogP contribution in [0, 0.1) is 0 Å². The van der Waals surface area contributed by atoms with Crippen molar-refractivity contribution in [3.63, 3.8) is 0 Å². The van der Waals surface area contributed by atoms with Crippen molar-refractivity contribution in [3.05, 3.63) is 39.8 Å². The van der Waals surface area contributed by atoms with E-state index in [0.717, 1.165) is 18.7 Å². The highest BCUT2D eigenvalue weighted by Crippen LogP contribution is 2.24. The van der Waals surface area contributed by atoms with Gasteiger partial charge in [-0.2, -0.15) is 16.4 Å². The van der Waals surface area contributed by atoms with Gasteiger partial charge in [-0.3, -0.25) is 9.58 Å². The molecule has 2 aromatic rings. The Bertz CT molecular complexity index is 504. The van der Waals surface area contributed by atoms with Gasteiger partial charge >= 0.3 is 0 Å². The molecule has 1 unspecified atom stereocenters. The Morgan fingerprint density at radius 1 is 1.53 bits per heavy atom. The Kier molecular flexibility index (Phi) is 4.74. The summed E-state index contributed by atoms with van der Waals surface area (Å²) in [5.41, 5.74) is 9.74. The van der Waals surface area contributed by atoms with Crippen molar-refractivity contribution in [1.29, 1.82) is 0 Å². The molecule has 0 fully saturated rings. The molecule has 4 nitrogen and oxygen atoms in total. The summed E-state index contributed by atoms with van der Waals surface area (Å²) in [7, 11) is 4.09. The van der Waals surface area contributed by atoms with Crippen LogP contribution >= 0.6 is 11.3 Å². The van der Waals surface area contributed by atoms with Gasteiger partial charge in [0.15, 0.2) is 0 Å². The average molecular weight is 278 g/mol. The second kappa shape index (κ2) is 6.32. The SMILES string of the molecule is CCc1nn(C)cc1C(CN)N(C)Cc1ccsc1. The first kappa shape index (κ1) is 14.2. The van der Waals surface area contributed by atoms with E-state index in [9.17, 15) is 0 Å². The van der Waals surface area contributed by atoms with Crippen molar-refractivity contribution in [2.24, 2.45) is 12.8 Å². The lowest BCUT2D eigenvalue weighted by molar-refractivity contribution is 0.241. The molecule has 0 amide bonds. The molecule has 0 bridgehead atoms. The zero-order chi connectivity index (χ0) is 13.8. The number of nitrogens with two attached hydrogens (primary N) is 1. The second-order valence-electron chi connectivity index (χ2n) is 4.86. The number of hydrogen-bond donors (Lipinski definition) is 1. The standard InChI is InChI=1S/C14H22N4S/c1-4-13-12(9-18(3)16-13)14(7-15)17(2)8-11-5-6-19-10-11/h5-6,9-10,14H,4,7-8,15H2,1-3H3. The third-order valence-corrected chi connectivity index (χ3v) is 4.13. The minimum Gasteiger partial charge on any atom is -0.329 e. The minimum atomic E-state index is 0.226. The summed E-state index contributed by atoms with van der Waals surface area (Å²) in [6.45, 7) is 3.67. The molecule has 2 rings (SSSR count). The molecule has 2 heterocycles. The van der Waals surface area contributed by atoms with Crippen LogP contribution < -0.4 is 5.73 Å². The zero-order valence-corrected chi connectivity index (χ0v) is 12.7. The van der Waals surface area contributed by atoms with Crippen molar-refractivity contribution in [1.82, 2.24) is 14.7 Å². The summed E-state index contributed by atoms with van der Waals surface area (Å²) >= 11 is 1.73. The molecule has 19 heavy (non-hydrogen) atoms. The van der Waals surface area contributed by atoms with Crippen molar-refractivity contribution in [3.8, 4) is 0 Å². The molecule has 104 valence electrons. The van der Waals surface area contributed by atoms with Crippen molar-refractivity contribution < 1.29 is 0 Å². The summed E-state index contributed by atoms with van der Waals surface area (Å²) in [4.78, 5) is 2.30. The van der Waals surface area contributed by atoms with E-state index in [2.05, 4.69) is 47.0 Å². The van der Waals surface area contributed by atoms with Crippen LogP contribution in [0.1, 0.15) is 29.8 Å². The number of aryl methyl sites for hydroxylation is 2. The molecule has 0 aliphatic carbocycles. The minimum absolute atomic E-state index is 0.226. The van der Waals surface area contributed by atoms with E-state index < -0.39 is 0 Å². The van der Waals surface area contributed by atoms with Crippen LogP contribution in [-0.4, -0.2) is 28.3 Å². The van der Waals surface area contributed by atoms with Crippen LogP contribution in [0.3, 0.4) is 0 Å². The van der Waals surface area contributed by atoms with Crippen LogP contribution in [0.15, 0.2) is 23.0 Å². The van der Waals surface area contributed by atoms with E-state index in [1.165, 1.54) is 11.1 Å². The quantitative estimate of drug-likeness (QED) is 0.881. The highest BCUT2D eigenvalue weighted by atomic mass is 32.1. The molecule has 0 spiro atoms. The van der Waals surface area contributed by atoms with Crippen LogP contribution in [-0.2, 0) is 20.0 Å². The predicted molar refractivity (Wildman–Crippen MR) is 80.2 cm³/mol. The Labute approximate surface area is 118 Å². The van der Waals surface area contributed by atoms with Crippen LogP contribution in [0.4, 0.5) is 0 Å². The maximum Gasteiger partial charge on any atom is 0.0670 e. The molecule has 0 aromatic carbocycles. The second-order valence-corrected chi connectivity index (χ2v) is 5.64. The first-order valence-electron chi connectivity index (χ1n) is 6.59. The molecule has 0 saturated carbocycles. The summed E-state index contributed by atoms with van der Waals surface area (Å²) < 4.78 is 1.88. The van der Waals surface area contributed by atoms with Gasteiger partial charge in [-0.15, -0.1) is 0 Å². The molecule has 5 heteroatoms. The van der Waals surface area contributed by atoms with Gasteiger partial charge in [0.25, 0.3) is 0 Å². The maximum absolute atomic E-state index is 5.99. The average Bonchev–Trinajstić information content (AvgIpc) is 3.00. The van der Waals surface area contributed by atoms with Crippen molar-refractivity contribution in [2.45, 2.75) is 25.9 Å². The zero-order valence-electron chi connectivity index (χ0n) is 11.8. The topological polar surface area (TPSA) is 47.1 Å². The van der Waals surface area contributed by atoms with Crippen molar-refractivity contribution in [2.75, 3.05) is 13.6 Å². The molecule has 0 saturated heterocycles. The van der Waals surface area contributed by atoms with E-state index in [0.29, 0.717) is 6.54 Å². The Hall–Kier alpha value is -1.17. The number of aromatic nitrogens is 2. The molecule has 1 atom stereocenters. The number of likely N-dealkylation sites (N-methyl/N-ethyl adjacent to an activating group) is 1. The monoisotopic (exact) mass is 278 g/mol. The Balaban J connectivity index is 2.18. The normalized spacial score (nSPS) is 13.1. The fourth-order valence-corrected chi connectivity index (χ4v) is 3.09. The van der Waals surface area contributed by atoms with E-state index in [-0.39, 0.29) is 6.04 Å². The van der Waals surface area contributed by atoms with Crippen LogP contribution in [0.5, 0.6) is 0 Å². The van der Waals surface area contributed by atoms with Gasteiger partial charge in [0, 0.05) is 31.9 Å². The van der Waals surface area contributed by atoms with E-state index in [1.807, 2.05) is 11.7 Å². The third-order valence-electron chi connectivity index (χ3n) is 3.40. The molecule has 0 aliphatic rings. The summed E-state index contributed by atoms with van der Waals surface area (Å²) in [5, 5.41) is 8.82. The van der Waals surface area contributed by atoms with E-state index >= 15 is 0 Å².